The monoisotopic (exact) mass is 624 g/mol. The molecule has 0 bridgehead atoms. The number of aromatic nitrogens is 3. The minimum absolute atomic E-state index is 0.0697. The summed E-state index contributed by atoms with van der Waals surface area (Å²) in [5.74, 6) is 0. The Morgan fingerprint density at radius 2 is 1.84 bits per heavy atom. The van der Waals surface area contributed by atoms with Gasteiger partial charge in [-0.2, -0.15) is 14.1 Å². The van der Waals surface area contributed by atoms with E-state index in [0.717, 1.165) is 6.42 Å². The van der Waals surface area contributed by atoms with E-state index in [1.165, 1.54) is 21.3 Å². The van der Waals surface area contributed by atoms with Crippen LogP contribution in [0.15, 0.2) is 63.0 Å². The maximum absolute atomic E-state index is 13.5. The highest BCUT2D eigenvalue weighted by atomic mass is 79.9. The van der Waals surface area contributed by atoms with Gasteiger partial charge in [0, 0.05) is 45.5 Å². The number of nitrogens with zero attached hydrogens (tertiary/aromatic N) is 5. The average molecular weight is 626 g/mol. The van der Waals surface area contributed by atoms with Gasteiger partial charge in [0.2, 0.25) is 10.0 Å². The summed E-state index contributed by atoms with van der Waals surface area (Å²) in [6, 6.07) is 10.7. The molecule has 3 aromatic rings. The van der Waals surface area contributed by atoms with E-state index in [9.17, 15) is 13.2 Å². The Hall–Kier alpha value is -2.51. The topological polar surface area (TPSA) is 110 Å². The van der Waals surface area contributed by atoms with Gasteiger partial charge in [0.05, 0.1) is 28.1 Å². The van der Waals surface area contributed by atoms with Gasteiger partial charge in [-0.3, -0.25) is 4.79 Å². The SMILES string of the molecule is CC(C)OCCCNc1c(N2CCN(S(=O)(=O)c3cnc(Cl)c(Br)c3)CC2)cnn(-c2ccccc2)c1=O. The summed E-state index contributed by atoms with van der Waals surface area (Å²) in [5, 5.41) is 7.91. The first-order valence-electron chi connectivity index (χ1n) is 12.3. The standard InChI is InChI=1S/C25H30BrClN6O4S/c1-18(2)37-14-6-9-28-23-22(17-30-33(25(23)34)19-7-4-3-5-8-19)31-10-12-32(13-11-31)38(35,36)20-15-21(26)24(27)29-16-20/h3-5,7-8,15-18,28H,6,9-14H2,1-2H3. The van der Waals surface area contributed by atoms with E-state index in [0.29, 0.717) is 47.8 Å². The molecular weight excluding hydrogens is 596 g/mol. The average Bonchev–Trinajstić information content (AvgIpc) is 2.91. The van der Waals surface area contributed by atoms with Crippen LogP contribution in [0, 0.1) is 0 Å². The van der Waals surface area contributed by atoms with Gasteiger partial charge in [0.15, 0.2) is 0 Å². The molecule has 2 aromatic heterocycles. The van der Waals surface area contributed by atoms with E-state index < -0.39 is 10.0 Å². The summed E-state index contributed by atoms with van der Waals surface area (Å²) in [6.07, 6.45) is 3.78. The number of para-hydroxylation sites is 1. The zero-order chi connectivity index (χ0) is 27.3. The quantitative estimate of drug-likeness (QED) is 0.268. The van der Waals surface area contributed by atoms with Crippen molar-refractivity contribution in [2.75, 3.05) is 49.5 Å². The molecule has 204 valence electrons. The third kappa shape index (κ3) is 6.55. The number of halogens is 2. The predicted molar refractivity (Wildman–Crippen MR) is 152 cm³/mol. The molecule has 10 nitrogen and oxygen atoms in total. The van der Waals surface area contributed by atoms with Crippen LogP contribution < -0.4 is 15.8 Å². The van der Waals surface area contributed by atoms with Crippen LogP contribution in [-0.4, -0.2) is 72.9 Å². The molecule has 3 heterocycles. The van der Waals surface area contributed by atoms with Crippen LogP contribution in [0.1, 0.15) is 20.3 Å². The van der Waals surface area contributed by atoms with Crippen molar-refractivity contribution in [1.29, 1.82) is 0 Å². The summed E-state index contributed by atoms with van der Waals surface area (Å²) in [4.78, 5) is 19.5. The first-order chi connectivity index (χ1) is 18.2. The fourth-order valence-electron chi connectivity index (χ4n) is 4.07. The first-order valence-corrected chi connectivity index (χ1v) is 14.9. The Morgan fingerprint density at radius 3 is 2.50 bits per heavy atom. The number of anilines is 2. The second kappa shape index (κ2) is 12.6. The Balaban J connectivity index is 1.54. The van der Waals surface area contributed by atoms with Crippen LogP contribution in [0.4, 0.5) is 11.4 Å². The van der Waals surface area contributed by atoms with Crippen molar-refractivity contribution in [3.63, 3.8) is 0 Å². The number of hydrogen-bond acceptors (Lipinski definition) is 8. The van der Waals surface area contributed by atoms with Crippen LogP contribution in [0.3, 0.4) is 0 Å². The number of rotatable bonds is 10. The van der Waals surface area contributed by atoms with E-state index in [-0.39, 0.29) is 34.8 Å². The zero-order valence-electron chi connectivity index (χ0n) is 21.2. The third-order valence-corrected chi connectivity index (χ3v) is 9.02. The minimum Gasteiger partial charge on any atom is -0.379 e. The molecule has 13 heteroatoms. The van der Waals surface area contributed by atoms with E-state index in [2.05, 4.69) is 31.3 Å². The third-order valence-electron chi connectivity index (χ3n) is 6.02. The van der Waals surface area contributed by atoms with Gasteiger partial charge >= 0.3 is 0 Å². The van der Waals surface area contributed by atoms with Gasteiger partial charge < -0.3 is 15.0 Å². The number of pyridine rings is 1. The second-order valence-corrected chi connectivity index (χ2v) is 12.1. The lowest BCUT2D eigenvalue weighted by molar-refractivity contribution is 0.0787. The smallest absolute Gasteiger partial charge is 0.296 e. The highest BCUT2D eigenvalue weighted by Gasteiger charge is 2.30. The lowest BCUT2D eigenvalue weighted by Gasteiger charge is -2.36. The van der Waals surface area contributed by atoms with Gasteiger partial charge in [0.25, 0.3) is 5.56 Å². The fourth-order valence-corrected chi connectivity index (χ4v) is 6.07. The molecule has 38 heavy (non-hydrogen) atoms. The highest BCUT2D eigenvalue weighted by Crippen LogP contribution is 2.27. The molecule has 1 saturated heterocycles. The number of sulfonamides is 1. The normalized spacial score (nSPS) is 14.7. The van der Waals surface area contributed by atoms with E-state index in [4.69, 9.17) is 16.3 Å². The Bertz CT molecular complexity index is 1410. The number of hydrogen-bond donors (Lipinski definition) is 1. The molecule has 4 rings (SSSR count). The van der Waals surface area contributed by atoms with Gasteiger partial charge in [0.1, 0.15) is 15.7 Å². The molecule has 0 amide bonds. The number of ether oxygens (including phenoxy) is 1. The van der Waals surface area contributed by atoms with Crippen molar-refractivity contribution in [3.05, 3.63) is 68.8 Å². The lowest BCUT2D eigenvalue weighted by atomic mass is 10.2. The summed E-state index contributed by atoms with van der Waals surface area (Å²) in [7, 11) is -3.75. The van der Waals surface area contributed by atoms with Crippen LogP contribution in [-0.2, 0) is 14.8 Å². The Labute approximate surface area is 235 Å². The molecular formula is C25H30BrClN6O4S. The Morgan fingerprint density at radius 1 is 1.13 bits per heavy atom. The zero-order valence-corrected chi connectivity index (χ0v) is 24.3. The van der Waals surface area contributed by atoms with E-state index in [1.807, 2.05) is 49.1 Å². The lowest BCUT2D eigenvalue weighted by Crippen LogP contribution is -2.49. The van der Waals surface area contributed by atoms with Crippen LogP contribution in [0.5, 0.6) is 0 Å². The van der Waals surface area contributed by atoms with Gasteiger partial charge in [-0.05, 0) is 54.4 Å². The van der Waals surface area contributed by atoms with E-state index >= 15 is 0 Å². The number of nitrogens with one attached hydrogen (secondary N) is 1. The van der Waals surface area contributed by atoms with Crippen molar-refractivity contribution in [2.45, 2.75) is 31.3 Å². The van der Waals surface area contributed by atoms with Gasteiger partial charge in [-0.15, -0.1) is 0 Å². The maximum Gasteiger partial charge on any atom is 0.296 e. The van der Waals surface area contributed by atoms with Gasteiger partial charge in [-0.1, -0.05) is 29.8 Å². The fraction of sp³-hybridized carbons (Fsp3) is 0.400. The highest BCUT2D eigenvalue weighted by molar-refractivity contribution is 9.10. The maximum atomic E-state index is 13.5. The number of benzene rings is 1. The summed E-state index contributed by atoms with van der Waals surface area (Å²) in [6.45, 7) is 6.35. The van der Waals surface area contributed by atoms with Crippen LogP contribution in [0.2, 0.25) is 5.15 Å². The van der Waals surface area contributed by atoms with Crippen molar-refractivity contribution >= 4 is 48.9 Å². The van der Waals surface area contributed by atoms with E-state index in [1.54, 1.807) is 6.20 Å². The molecule has 0 spiro atoms. The van der Waals surface area contributed by atoms with Crippen molar-refractivity contribution < 1.29 is 13.2 Å². The number of piperazine rings is 1. The summed E-state index contributed by atoms with van der Waals surface area (Å²) < 4.78 is 35.2. The first kappa shape index (κ1) is 28.5. The largest absolute Gasteiger partial charge is 0.379 e. The summed E-state index contributed by atoms with van der Waals surface area (Å²) >= 11 is 9.17. The predicted octanol–water partition coefficient (Wildman–Crippen LogP) is 3.78. The second-order valence-electron chi connectivity index (χ2n) is 8.99. The van der Waals surface area contributed by atoms with Crippen molar-refractivity contribution in [2.24, 2.45) is 0 Å². The molecule has 0 aliphatic carbocycles. The molecule has 1 aliphatic heterocycles. The molecule has 1 aromatic carbocycles. The Kier molecular flexibility index (Phi) is 9.42. The molecule has 1 aliphatic rings. The molecule has 0 unspecified atom stereocenters. The molecule has 0 atom stereocenters. The summed E-state index contributed by atoms with van der Waals surface area (Å²) in [5.41, 5.74) is 1.45. The molecule has 0 radical (unpaired) electrons. The molecule has 1 N–H and O–H groups in total. The van der Waals surface area contributed by atoms with Crippen molar-refractivity contribution in [3.8, 4) is 5.69 Å². The van der Waals surface area contributed by atoms with Gasteiger partial charge in [-0.25, -0.2) is 13.4 Å². The van der Waals surface area contributed by atoms with Crippen LogP contribution in [0.25, 0.3) is 5.69 Å². The molecule has 1 fully saturated rings. The molecule has 0 saturated carbocycles. The minimum atomic E-state index is -3.75. The van der Waals surface area contributed by atoms with Crippen molar-refractivity contribution in [1.82, 2.24) is 19.1 Å². The van der Waals surface area contributed by atoms with Crippen LogP contribution >= 0.6 is 27.5 Å².